The van der Waals surface area contributed by atoms with Crippen molar-refractivity contribution in [1.82, 2.24) is 5.32 Å². The van der Waals surface area contributed by atoms with Gasteiger partial charge in [-0.3, -0.25) is 4.79 Å². The maximum absolute atomic E-state index is 11.7. The molecule has 0 heterocycles. The molecular formula is C14H21ClN2O2. The Morgan fingerprint density at radius 1 is 1.32 bits per heavy atom. The van der Waals surface area contributed by atoms with Gasteiger partial charge in [-0.2, -0.15) is 0 Å². The van der Waals surface area contributed by atoms with Gasteiger partial charge >= 0.3 is 0 Å². The maximum Gasteiger partial charge on any atom is 0.238 e. The number of carbonyl (C=O) groups is 1. The predicted octanol–water partition coefficient (Wildman–Crippen LogP) is 2.28. The number of halogens is 1. The van der Waals surface area contributed by atoms with Gasteiger partial charge in [0.15, 0.2) is 0 Å². The predicted molar refractivity (Wildman–Crippen MR) is 78.4 cm³/mol. The molecule has 0 fully saturated rings. The van der Waals surface area contributed by atoms with Crippen LogP contribution < -0.4 is 10.6 Å². The molecule has 1 aromatic carbocycles. The molecule has 1 amide bonds. The highest BCUT2D eigenvalue weighted by atomic mass is 35.5. The minimum absolute atomic E-state index is 0.0341. The second-order valence-corrected chi connectivity index (χ2v) is 5.38. The second-order valence-electron chi connectivity index (χ2n) is 4.95. The summed E-state index contributed by atoms with van der Waals surface area (Å²) in [5, 5.41) is 15.6. The molecule has 0 bridgehead atoms. The summed E-state index contributed by atoms with van der Waals surface area (Å²) in [5.74, 6) is 0.341. The van der Waals surface area contributed by atoms with Gasteiger partial charge in [0.1, 0.15) is 0 Å². The average molecular weight is 285 g/mol. The summed E-state index contributed by atoms with van der Waals surface area (Å²) < 4.78 is 0. The van der Waals surface area contributed by atoms with Crippen molar-refractivity contribution in [1.29, 1.82) is 0 Å². The molecule has 0 aliphatic heterocycles. The summed E-state index contributed by atoms with van der Waals surface area (Å²) in [6.07, 6.45) is 0.838. The van der Waals surface area contributed by atoms with Gasteiger partial charge in [0, 0.05) is 16.8 Å². The third kappa shape index (κ3) is 6.57. The molecule has 5 heteroatoms. The fraction of sp³-hybridized carbons (Fsp3) is 0.500. The Morgan fingerprint density at radius 2 is 1.95 bits per heavy atom. The summed E-state index contributed by atoms with van der Waals surface area (Å²) in [6, 6.07) is 6.89. The molecule has 1 unspecified atom stereocenters. The van der Waals surface area contributed by atoms with Gasteiger partial charge in [0.2, 0.25) is 5.91 Å². The Bertz CT molecular complexity index is 393. The Balaban J connectivity index is 2.36. The highest BCUT2D eigenvalue weighted by molar-refractivity contribution is 6.30. The largest absolute Gasteiger partial charge is 0.395 e. The number of anilines is 1. The average Bonchev–Trinajstić information content (AvgIpc) is 2.37. The first-order chi connectivity index (χ1) is 9.01. The van der Waals surface area contributed by atoms with E-state index in [4.69, 9.17) is 11.6 Å². The van der Waals surface area contributed by atoms with Gasteiger partial charge < -0.3 is 15.7 Å². The molecule has 3 N–H and O–H groups in total. The lowest BCUT2D eigenvalue weighted by atomic mass is 10.0. The van der Waals surface area contributed by atoms with Gasteiger partial charge in [-0.15, -0.1) is 0 Å². The third-order valence-corrected chi connectivity index (χ3v) is 2.91. The van der Waals surface area contributed by atoms with Crippen LogP contribution in [0.2, 0.25) is 5.02 Å². The van der Waals surface area contributed by atoms with E-state index < -0.39 is 0 Å². The highest BCUT2D eigenvalue weighted by Crippen LogP contribution is 2.13. The number of aliphatic hydroxyl groups is 1. The summed E-state index contributed by atoms with van der Waals surface area (Å²) in [6.45, 7) is 4.38. The number of aliphatic hydroxyl groups excluding tert-OH is 1. The summed E-state index contributed by atoms with van der Waals surface area (Å²) in [4.78, 5) is 11.7. The van der Waals surface area contributed by atoms with Gasteiger partial charge in [-0.05, 0) is 36.6 Å². The van der Waals surface area contributed by atoms with E-state index in [1.165, 1.54) is 0 Å². The van der Waals surface area contributed by atoms with E-state index in [2.05, 4.69) is 24.5 Å². The first-order valence-electron chi connectivity index (χ1n) is 6.41. The Hall–Kier alpha value is -1.10. The van der Waals surface area contributed by atoms with Crippen molar-refractivity contribution >= 4 is 23.2 Å². The monoisotopic (exact) mass is 284 g/mol. The van der Waals surface area contributed by atoms with E-state index in [-0.39, 0.29) is 25.1 Å². The van der Waals surface area contributed by atoms with E-state index in [1.807, 2.05) is 0 Å². The van der Waals surface area contributed by atoms with E-state index in [0.29, 0.717) is 16.6 Å². The first-order valence-corrected chi connectivity index (χ1v) is 6.78. The van der Waals surface area contributed by atoms with E-state index in [9.17, 15) is 9.90 Å². The number of benzene rings is 1. The molecule has 0 saturated heterocycles. The molecule has 0 aliphatic carbocycles. The summed E-state index contributed by atoms with van der Waals surface area (Å²) >= 11 is 5.77. The smallest absolute Gasteiger partial charge is 0.238 e. The lowest BCUT2D eigenvalue weighted by Gasteiger charge is -2.18. The Labute approximate surface area is 119 Å². The summed E-state index contributed by atoms with van der Waals surface area (Å²) in [7, 11) is 0. The van der Waals surface area contributed by atoms with Crippen LogP contribution >= 0.6 is 11.6 Å². The van der Waals surface area contributed by atoms with E-state index in [0.717, 1.165) is 6.42 Å². The van der Waals surface area contributed by atoms with Gasteiger partial charge in [-0.1, -0.05) is 25.4 Å². The first kappa shape index (κ1) is 16.0. The topological polar surface area (TPSA) is 61.4 Å². The molecule has 1 rings (SSSR count). The number of rotatable bonds is 7. The minimum Gasteiger partial charge on any atom is -0.395 e. The maximum atomic E-state index is 11.7. The molecule has 0 saturated carbocycles. The van der Waals surface area contributed by atoms with Crippen LogP contribution in [0, 0.1) is 5.92 Å². The fourth-order valence-corrected chi connectivity index (χ4v) is 1.89. The lowest BCUT2D eigenvalue weighted by molar-refractivity contribution is -0.115. The Morgan fingerprint density at radius 3 is 2.47 bits per heavy atom. The van der Waals surface area contributed by atoms with Crippen LogP contribution in [-0.4, -0.2) is 30.2 Å². The van der Waals surface area contributed by atoms with Gasteiger partial charge in [0.05, 0.1) is 13.2 Å². The van der Waals surface area contributed by atoms with Crippen LogP contribution in [0.5, 0.6) is 0 Å². The van der Waals surface area contributed by atoms with Crippen LogP contribution in [-0.2, 0) is 4.79 Å². The third-order valence-electron chi connectivity index (χ3n) is 2.66. The zero-order valence-electron chi connectivity index (χ0n) is 11.3. The van der Waals surface area contributed by atoms with Crippen LogP contribution in [0.15, 0.2) is 24.3 Å². The molecule has 0 radical (unpaired) electrons. The number of hydrogen-bond acceptors (Lipinski definition) is 3. The van der Waals surface area contributed by atoms with Gasteiger partial charge in [0.25, 0.3) is 0 Å². The molecule has 0 aromatic heterocycles. The van der Waals surface area contributed by atoms with E-state index >= 15 is 0 Å². The molecule has 1 atom stereocenters. The molecule has 0 aliphatic rings. The van der Waals surface area contributed by atoms with Crippen LogP contribution in [0.4, 0.5) is 5.69 Å². The van der Waals surface area contributed by atoms with Crippen LogP contribution in [0.1, 0.15) is 20.3 Å². The number of carbonyl (C=O) groups excluding carboxylic acids is 1. The molecule has 0 spiro atoms. The summed E-state index contributed by atoms with van der Waals surface area (Å²) in [5.41, 5.74) is 0.709. The number of nitrogens with one attached hydrogen (secondary N) is 2. The van der Waals surface area contributed by atoms with E-state index in [1.54, 1.807) is 24.3 Å². The quantitative estimate of drug-likeness (QED) is 0.720. The highest BCUT2D eigenvalue weighted by Gasteiger charge is 2.11. The fourth-order valence-electron chi connectivity index (χ4n) is 1.77. The van der Waals surface area contributed by atoms with Crippen molar-refractivity contribution in [2.75, 3.05) is 18.5 Å². The normalized spacial score (nSPS) is 12.5. The molecule has 19 heavy (non-hydrogen) atoms. The number of amides is 1. The molecular weight excluding hydrogens is 264 g/mol. The van der Waals surface area contributed by atoms with Crippen LogP contribution in [0.25, 0.3) is 0 Å². The SMILES string of the molecule is CC(C)CC(CO)NCC(=O)Nc1ccc(Cl)cc1. The minimum atomic E-state index is -0.135. The second kappa shape index (κ2) is 8.15. The van der Waals surface area contributed by atoms with Crippen molar-refractivity contribution in [3.63, 3.8) is 0 Å². The Kier molecular flexibility index (Phi) is 6.84. The van der Waals surface area contributed by atoms with Crippen molar-refractivity contribution in [2.45, 2.75) is 26.3 Å². The molecule has 4 nitrogen and oxygen atoms in total. The number of hydrogen-bond donors (Lipinski definition) is 3. The van der Waals surface area contributed by atoms with Gasteiger partial charge in [-0.25, -0.2) is 0 Å². The van der Waals surface area contributed by atoms with Crippen LogP contribution in [0.3, 0.4) is 0 Å². The zero-order chi connectivity index (χ0) is 14.3. The van der Waals surface area contributed by atoms with Crippen molar-refractivity contribution < 1.29 is 9.90 Å². The van der Waals surface area contributed by atoms with Crippen molar-refractivity contribution in [3.8, 4) is 0 Å². The van der Waals surface area contributed by atoms with Crippen molar-refractivity contribution in [2.24, 2.45) is 5.92 Å². The molecule has 1 aromatic rings. The molecule has 106 valence electrons. The standard InChI is InChI=1S/C14H21ClN2O2/c1-10(2)7-13(9-18)16-8-14(19)17-12-5-3-11(15)4-6-12/h3-6,10,13,16,18H,7-9H2,1-2H3,(H,17,19). The lowest BCUT2D eigenvalue weighted by Crippen LogP contribution is -2.39. The zero-order valence-corrected chi connectivity index (χ0v) is 12.1. The van der Waals surface area contributed by atoms with Crippen molar-refractivity contribution in [3.05, 3.63) is 29.3 Å².